The number of nitrogens with zero attached hydrogens (tertiary/aromatic N) is 2. The lowest BCUT2D eigenvalue weighted by molar-refractivity contribution is 0.0682. The summed E-state index contributed by atoms with van der Waals surface area (Å²) in [6.07, 6.45) is 0. The van der Waals surface area contributed by atoms with Gasteiger partial charge in [-0.05, 0) is 21.3 Å². The number of aromatic carboxylic acids is 1. The second-order valence-corrected chi connectivity index (χ2v) is 4.94. The van der Waals surface area contributed by atoms with Crippen molar-refractivity contribution in [3.8, 4) is 0 Å². The van der Waals surface area contributed by atoms with Gasteiger partial charge in [-0.3, -0.25) is 4.68 Å². The van der Waals surface area contributed by atoms with E-state index in [-0.39, 0.29) is 11.1 Å². The first-order valence-corrected chi connectivity index (χ1v) is 5.00. The smallest absolute Gasteiger partial charge is 0.354 e. The first-order chi connectivity index (χ1) is 6.25. The summed E-state index contributed by atoms with van der Waals surface area (Å²) in [7, 11) is 1.63. The molecule has 0 saturated heterocycles. The number of rotatable bonds is 1. The molecular formula is C9H13BrN2O2. The molecule has 1 N–H and O–H groups in total. The second-order valence-electron chi connectivity index (χ2n) is 4.19. The van der Waals surface area contributed by atoms with Crippen LogP contribution in [-0.2, 0) is 12.5 Å². The van der Waals surface area contributed by atoms with E-state index in [1.807, 2.05) is 20.8 Å². The predicted octanol–water partition coefficient (Wildman–Crippen LogP) is 2.18. The summed E-state index contributed by atoms with van der Waals surface area (Å²) in [6, 6.07) is 0. The number of halogens is 1. The molecule has 0 radical (unpaired) electrons. The SMILES string of the molecule is Cn1nc(Br)c(C(C)(C)C)c1C(=O)O. The molecule has 0 aliphatic carbocycles. The van der Waals surface area contributed by atoms with Crippen LogP contribution in [0.5, 0.6) is 0 Å². The van der Waals surface area contributed by atoms with E-state index in [4.69, 9.17) is 5.11 Å². The van der Waals surface area contributed by atoms with Crippen LogP contribution in [0.3, 0.4) is 0 Å². The Balaban J connectivity index is 3.48. The van der Waals surface area contributed by atoms with E-state index in [0.29, 0.717) is 4.60 Å². The molecule has 0 unspecified atom stereocenters. The van der Waals surface area contributed by atoms with Crippen LogP contribution in [0.25, 0.3) is 0 Å². The number of aryl methyl sites for hydroxylation is 1. The summed E-state index contributed by atoms with van der Waals surface area (Å²) in [5, 5.41) is 13.1. The molecule has 1 aromatic rings. The van der Waals surface area contributed by atoms with Crippen LogP contribution < -0.4 is 0 Å². The Hall–Kier alpha value is -0.840. The number of aromatic nitrogens is 2. The number of hydrogen-bond donors (Lipinski definition) is 1. The van der Waals surface area contributed by atoms with Crippen LogP contribution in [0.4, 0.5) is 0 Å². The van der Waals surface area contributed by atoms with E-state index < -0.39 is 5.97 Å². The van der Waals surface area contributed by atoms with Gasteiger partial charge in [0.05, 0.1) is 0 Å². The average Bonchev–Trinajstić information content (AvgIpc) is 2.23. The molecule has 0 saturated carbocycles. The van der Waals surface area contributed by atoms with Crippen LogP contribution in [0, 0.1) is 0 Å². The molecule has 0 aliphatic heterocycles. The predicted molar refractivity (Wildman–Crippen MR) is 56.6 cm³/mol. The van der Waals surface area contributed by atoms with Crippen LogP contribution in [0.2, 0.25) is 0 Å². The maximum atomic E-state index is 11.0. The summed E-state index contributed by atoms with van der Waals surface area (Å²) in [5.41, 5.74) is 0.734. The molecule has 0 aliphatic rings. The minimum atomic E-state index is -0.948. The van der Waals surface area contributed by atoms with Crippen molar-refractivity contribution in [3.05, 3.63) is 15.9 Å². The van der Waals surface area contributed by atoms with E-state index in [0.717, 1.165) is 5.56 Å². The molecule has 0 aromatic carbocycles. The summed E-state index contributed by atoms with van der Waals surface area (Å²) < 4.78 is 1.98. The number of carboxylic acids is 1. The third-order valence-corrected chi connectivity index (χ3v) is 2.51. The van der Waals surface area contributed by atoms with Gasteiger partial charge in [0.1, 0.15) is 4.60 Å². The van der Waals surface area contributed by atoms with Crippen molar-refractivity contribution in [1.29, 1.82) is 0 Å². The van der Waals surface area contributed by atoms with Crippen molar-refractivity contribution in [3.63, 3.8) is 0 Å². The third kappa shape index (κ3) is 1.82. The molecule has 4 nitrogen and oxygen atoms in total. The van der Waals surface area contributed by atoms with Gasteiger partial charge in [-0.15, -0.1) is 0 Å². The average molecular weight is 261 g/mol. The first kappa shape index (κ1) is 11.2. The highest BCUT2D eigenvalue weighted by atomic mass is 79.9. The van der Waals surface area contributed by atoms with Crippen molar-refractivity contribution < 1.29 is 9.90 Å². The van der Waals surface area contributed by atoms with Crippen LogP contribution in [0.1, 0.15) is 36.8 Å². The molecule has 0 fully saturated rings. The lowest BCUT2D eigenvalue weighted by Gasteiger charge is -2.18. The van der Waals surface area contributed by atoms with E-state index in [1.54, 1.807) is 7.05 Å². The van der Waals surface area contributed by atoms with E-state index in [1.165, 1.54) is 4.68 Å². The highest BCUT2D eigenvalue weighted by Gasteiger charge is 2.29. The molecule has 0 bridgehead atoms. The fourth-order valence-corrected chi connectivity index (χ4v) is 2.42. The summed E-state index contributed by atoms with van der Waals surface area (Å²) in [5.74, 6) is -0.948. The van der Waals surface area contributed by atoms with Crippen molar-refractivity contribution >= 4 is 21.9 Å². The fourth-order valence-electron chi connectivity index (χ4n) is 1.40. The number of carboxylic acid groups (broad SMARTS) is 1. The van der Waals surface area contributed by atoms with Gasteiger partial charge in [-0.2, -0.15) is 5.10 Å². The van der Waals surface area contributed by atoms with Crippen molar-refractivity contribution in [2.45, 2.75) is 26.2 Å². The standard InChI is InChI=1S/C9H13BrN2O2/c1-9(2,3)5-6(8(13)14)12(4)11-7(5)10/h1-4H3,(H,13,14). The maximum Gasteiger partial charge on any atom is 0.354 e. The van der Waals surface area contributed by atoms with Crippen molar-refractivity contribution in [2.24, 2.45) is 7.05 Å². The molecule has 1 aromatic heterocycles. The van der Waals surface area contributed by atoms with Gasteiger partial charge in [0.15, 0.2) is 5.69 Å². The van der Waals surface area contributed by atoms with E-state index >= 15 is 0 Å². The van der Waals surface area contributed by atoms with E-state index in [2.05, 4.69) is 21.0 Å². The van der Waals surface area contributed by atoms with Crippen LogP contribution in [-0.4, -0.2) is 20.9 Å². The lowest BCUT2D eigenvalue weighted by Crippen LogP contribution is -2.17. The Kier molecular flexibility index (Phi) is 2.71. The third-order valence-electron chi connectivity index (χ3n) is 1.96. The Morgan fingerprint density at radius 2 is 2.00 bits per heavy atom. The number of hydrogen-bond acceptors (Lipinski definition) is 2. The molecule has 0 spiro atoms. The van der Waals surface area contributed by atoms with Gasteiger partial charge in [-0.25, -0.2) is 4.79 Å². The summed E-state index contributed by atoms with van der Waals surface area (Å²) >= 11 is 3.28. The lowest BCUT2D eigenvalue weighted by atomic mass is 9.87. The molecular weight excluding hydrogens is 248 g/mol. The van der Waals surface area contributed by atoms with Gasteiger partial charge in [0, 0.05) is 12.6 Å². The quantitative estimate of drug-likeness (QED) is 0.842. The monoisotopic (exact) mass is 260 g/mol. The highest BCUT2D eigenvalue weighted by molar-refractivity contribution is 9.10. The molecule has 1 rings (SSSR count). The van der Waals surface area contributed by atoms with Crippen LogP contribution >= 0.6 is 15.9 Å². The molecule has 5 heteroatoms. The zero-order valence-corrected chi connectivity index (χ0v) is 10.2. The molecule has 0 atom stereocenters. The maximum absolute atomic E-state index is 11.0. The van der Waals surface area contributed by atoms with Crippen molar-refractivity contribution in [1.82, 2.24) is 9.78 Å². The Labute approximate surface area is 91.1 Å². The highest BCUT2D eigenvalue weighted by Crippen LogP contribution is 2.31. The number of carbonyl (C=O) groups is 1. The largest absolute Gasteiger partial charge is 0.477 e. The van der Waals surface area contributed by atoms with Crippen molar-refractivity contribution in [2.75, 3.05) is 0 Å². The molecule has 1 heterocycles. The Morgan fingerprint density at radius 3 is 2.29 bits per heavy atom. The summed E-state index contributed by atoms with van der Waals surface area (Å²) in [4.78, 5) is 11.0. The Bertz CT molecular complexity index is 377. The fraction of sp³-hybridized carbons (Fsp3) is 0.556. The Morgan fingerprint density at radius 1 is 1.50 bits per heavy atom. The minimum Gasteiger partial charge on any atom is -0.477 e. The summed E-state index contributed by atoms with van der Waals surface area (Å²) in [6.45, 7) is 5.88. The van der Waals surface area contributed by atoms with Gasteiger partial charge >= 0.3 is 5.97 Å². The van der Waals surface area contributed by atoms with Gasteiger partial charge in [-0.1, -0.05) is 20.8 Å². The second kappa shape index (κ2) is 3.38. The first-order valence-electron chi connectivity index (χ1n) is 4.21. The minimum absolute atomic E-state index is 0.235. The van der Waals surface area contributed by atoms with Gasteiger partial charge in [0.2, 0.25) is 0 Å². The normalized spacial score (nSPS) is 11.8. The zero-order chi connectivity index (χ0) is 11.1. The topological polar surface area (TPSA) is 55.1 Å². The van der Waals surface area contributed by atoms with E-state index in [9.17, 15) is 4.79 Å². The molecule has 0 amide bonds. The zero-order valence-electron chi connectivity index (χ0n) is 8.63. The molecule has 14 heavy (non-hydrogen) atoms. The van der Waals surface area contributed by atoms with Gasteiger partial charge in [0.25, 0.3) is 0 Å². The van der Waals surface area contributed by atoms with Crippen LogP contribution in [0.15, 0.2) is 4.60 Å². The molecule has 78 valence electrons. The van der Waals surface area contributed by atoms with Gasteiger partial charge < -0.3 is 5.11 Å².